The van der Waals surface area contributed by atoms with Gasteiger partial charge in [-0.1, -0.05) is 18.2 Å². The molecule has 0 saturated carbocycles. The Bertz CT molecular complexity index is 447. The third-order valence-corrected chi connectivity index (χ3v) is 5.04. The number of benzene rings is 1. The summed E-state index contributed by atoms with van der Waals surface area (Å²) in [5.41, 5.74) is 0. The van der Waals surface area contributed by atoms with E-state index < -0.39 is 0 Å². The van der Waals surface area contributed by atoms with Gasteiger partial charge < -0.3 is 15.5 Å². The van der Waals surface area contributed by atoms with Crippen molar-refractivity contribution in [3.8, 4) is 0 Å². The van der Waals surface area contributed by atoms with Gasteiger partial charge in [0.1, 0.15) is 0 Å². The number of guanidine groups is 1. The van der Waals surface area contributed by atoms with Crippen molar-refractivity contribution in [1.82, 2.24) is 15.5 Å². The van der Waals surface area contributed by atoms with Crippen molar-refractivity contribution in [3.63, 3.8) is 0 Å². The summed E-state index contributed by atoms with van der Waals surface area (Å²) in [7, 11) is 4.04. The lowest BCUT2D eigenvalue weighted by atomic mass is 9.97. The molecule has 6 heteroatoms. The van der Waals surface area contributed by atoms with Gasteiger partial charge in [-0.25, -0.2) is 0 Å². The quantitative estimate of drug-likeness (QED) is 0.231. The van der Waals surface area contributed by atoms with E-state index in [1.54, 1.807) is 0 Å². The maximum atomic E-state index is 4.31. The van der Waals surface area contributed by atoms with Gasteiger partial charge in [-0.15, -0.1) is 35.7 Å². The zero-order valence-corrected chi connectivity index (χ0v) is 17.3. The van der Waals surface area contributed by atoms with E-state index in [1.807, 2.05) is 18.8 Å². The van der Waals surface area contributed by atoms with E-state index in [2.05, 4.69) is 57.9 Å². The lowest BCUT2D eigenvalue weighted by Crippen LogP contribution is -2.42. The molecule has 1 aliphatic rings. The highest BCUT2D eigenvalue weighted by atomic mass is 127. The van der Waals surface area contributed by atoms with Crippen LogP contribution in [0.25, 0.3) is 0 Å². The molecular weight excluding hydrogens is 419 g/mol. The van der Waals surface area contributed by atoms with Crippen LogP contribution >= 0.6 is 35.7 Å². The second-order valence-electron chi connectivity index (χ2n) is 5.79. The first-order valence-electron chi connectivity index (χ1n) is 8.09. The first-order valence-corrected chi connectivity index (χ1v) is 9.07. The molecule has 23 heavy (non-hydrogen) atoms. The zero-order valence-electron chi connectivity index (χ0n) is 14.1. The number of nitrogens with zero attached hydrogens (tertiary/aromatic N) is 2. The second kappa shape index (κ2) is 12.0. The summed E-state index contributed by atoms with van der Waals surface area (Å²) >= 11 is 1.87. The van der Waals surface area contributed by atoms with Gasteiger partial charge in [0.05, 0.1) is 0 Å². The fraction of sp³-hybridized carbons (Fsp3) is 0.588. The highest BCUT2D eigenvalue weighted by Gasteiger charge is 2.16. The average molecular weight is 448 g/mol. The molecule has 1 aromatic carbocycles. The zero-order chi connectivity index (χ0) is 15.6. The van der Waals surface area contributed by atoms with E-state index >= 15 is 0 Å². The molecule has 1 heterocycles. The Morgan fingerprint density at radius 3 is 2.57 bits per heavy atom. The molecule has 0 amide bonds. The molecule has 0 spiro atoms. The van der Waals surface area contributed by atoms with Crippen LogP contribution < -0.4 is 10.6 Å². The minimum absolute atomic E-state index is 0. The Morgan fingerprint density at radius 2 is 1.91 bits per heavy atom. The number of aliphatic imine (C=N–C) groups is 1. The Labute approximate surface area is 161 Å². The van der Waals surface area contributed by atoms with Crippen LogP contribution in [0, 0.1) is 5.92 Å². The van der Waals surface area contributed by atoms with Gasteiger partial charge >= 0.3 is 0 Å². The number of halogens is 1. The molecule has 1 aliphatic heterocycles. The minimum atomic E-state index is 0. The van der Waals surface area contributed by atoms with Gasteiger partial charge in [0.25, 0.3) is 0 Å². The summed E-state index contributed by atoms with van der Waals surface area (Å²) in [6.45, 7) is 4.38. The summed E-state index contributed by atoms with van der Waals surface area (Å²) in [5.74, 6) is 2.74. The molecule has 0 bridgehead atoms. The fourth-order valence-electron chi connectivity index (χ4n) is 2.58. The molecule has 1 aromatic rings. The van der Waals surface area contributed by atoms with E-state index in [0.717, 1.165) is 30.7 Å². The molecule has 0 atom stereocenters. The summed E-state index contributed by atoms with van der Waals surface area (Å²) in [6.07, 6.45) is 2.56. The lowest BCUT2D eigenvalue weighted by Gasteiger charge is -2.29. The first-order chi connectivity index (χ1) is 10.8. The van der Waals surface area contributed by atoms with Gasteiger partial charge in [0.2, 0.25) is 0 Å². The number of rotatable bonds is 6. The summed E-state index contributed by atoms with van der Waals surface area (Å²) < 4.78 is 0. The molecule has 4 nitrogen and oxygen atoms in total. The monoisotopic (exact) mass is 448 g/mol. The van der Waals surface area contributed by atoms with Crippen LogP contribution in [0.15, 0.2) is 40.2 Å². The van der Waals surface area contributed by atoms with Crippen molar-refractivity contribution in [3.05, 3.63) is 30.3 Å². The third kappa shape index (κ3) is 8.26. The minimum Gasteiger partial charge on any atom is -0.356 e. The molecule has 1 fully saturated rings. The van der Waals surface area contributed by atoms with Crippen molar-refractivity contribution in [2.75, 3.05) is 46.0 Å². The average Bonchev–Trinajstić information content (AvgIpc) is 2.57. The van der Waals surface area contributed by atoms with Crippen LogP contribution in [0.5, 0.6) is 0 Å². The second-order valence-corrected chi connectivity index (χ2v) is 6.96. The molecule has 1 saturated heterocycles. The van der Waals surface area contributed by atoms with Gasteiger partial charge in [-0.2, -0.15) is 0 Å². The molecular formula is C17H29IN4S. The topological polar surface area (TPSA) is 39.7 Å². The number of hydrogen-bond donors (Lipinski definition) is 2. The third-order valence-electron chi connectivity index (χ3n) is 4.03. The van der Waals surface area contributed by atoms with Crippen molar-refractivity contribution in [1.29, 1.82) is 0 Å². The summed E-state index contributed by atoms with van der Waals surface area (Å²) in [6, 6.07) is 10.5. The van der Waals surface area contributed by atoms with Gasteiger partial charge in [-0.3, -0.25) is 4.99 Å². The van der Waals surface area contributed by atoms with E-state index in [0.29, 0.717) is 0 Å². The molecule has 0 unspecified atom stereocenters. The maximum absolute atomic E-state index is 4.31. The smallest absolute Gasteiger partial charge is 0.191 e. The van der Waals surface area contributed by atoms with Gasteiger partial charge in [0.15, 0.2) is 5.96 Å². The van der Waals surface area contributed by atoms with E-state index in [1.165, 1.54) is 30.8 Å². The molecule has 0 aliphatic carbocycles. The first kappa shape index (κ1) is 20.6. The lowest BCUT2D eigenvalue weighted by molar-refractivity contribution is 0.220. The van der Waals surface area contributed by atoms with Crippen LogP contribution in [0.1, 0.15) is 12.8 Å². The summed E-state index contributed by atoms with van der Waals surface area (Å²) in [4.78, 5) is 8.03. The molecule has 0 radical (unpaired) electrons. The number of nitrogens with one attached hydrogen (secondary N) is 2. The van der Waals surface area contributed by atoms with Crippen LogP contribution in [-0.2, 0) is 0 Å². The number of piperidine rings is 1. The predicted molar refractivity (Wildman–Crippen MR) is 112 cm³/mol. The molecule has 0 aromatic heterocycles. The Morgan fingerprint density at radius 1 is 1.22 bits per heavy atom. The number of thioether (sulfide) groups is 1. The van der Waals surface area contributed by atoms with Crippen molar-refractivity contribution in [2.45, 2.75) is 17.7 Å². The molecule has 2 N–H and O–H groups in total. The van der Waals surface area contributed by atoms with Gasteiger partial charge in [0, 0.05) is 30.8 Å². The van der Waals surface area contributed by atoms with E-state index in [9.17, 15) is 0 Å². The van der Waals surface area contributed by atoms with Crippen LogP contribution in [0.4, 0.5) is 0 Å². The number of likely N-dealkylation sites (tertiary alicyclic amines) is 1. The van der Waals surface area contributed by atoms with E-state index in [4.69, 9.17) is 0 Å². The van der Waals surface area contributed by atoms with Gasteiger partial charge in [-0.05, 0) is 51.0 Å². The predicted octanol–water partition coefficient (Wildman–Crippen LogP) is 2.90. The highest BCUT2D eigenvalue weighted by Crippen LogP contribution is 2.16. The largest absolute Gasteiger partial charge is 0.356 e. The van der Waals surface area contributed by atoms with E-state index in [-0.39, 0.29) is 24.0 Å². The highest BCUT2D eigenvalue weighted by molar-refractivity contribution is 14.0. The molecule has 130 valence electrons. The van der Waals surface area contributed by atoms with Crippen molar-refractivity contribution < 1.29 is 0 Å². The van der Waals surface area contributed by atoms with Crippen LogP contribution in [-0.4, -0.2) is 56.9 Å². The van der Waals surface area contributed by atoms with Crippen LogP contribution in [0.2, 0.25) is 0 Å². The summed E-state index contributed by atoms with van der Waals surface area (Å²) in [5, 5.41) is 6.86. The Kier molecular flexibility index (Phi) is 10.7. The van der Waals surface area contributed by atoms with Crippen molar-refractivity contribution in [2.24, 2.45) is 10.9 Å². The molecule has 2 rings (SSSR count). The van der Waals surface area contributed by atoms with Crippen LogP contribution in [0.3, 0.4) is 0 Å². The normalized spacial score (nSPS) is 16.7. The maximum Gasteiger partial charge on any atom is 0.191 e. The fourth-order valence-corrected chi connectivity index (χ4v) is 3.37. The Hall–Kier alpha value is -0.470. The number of hydrogen-bond acceptors (Lipinski definition) is 3. The Balaban J connectivity index is 0.00000264. The SMILES string of the molecule is CN=C(NCCSc1ccccc1)NCC1CCN(C)CC1.I. The van der Waals surface area contributed by atoms with Crippen molar-refractivity contribution >= 4 is 41.7 Å². The standard InChI is InChI=1S/C17H28N4S.HI/c1-18-17(20-14-15-8-11-21(2)12-9-15)19-10-13-22-16-6-4-3-5-7-16;/h3-7,15H,8-14H2,1-2H3,(H2,18,19,20);1H.